The molecule has 0 atom stereocenters. The number of fused-ring (bicyclic) bond motifs is 3. The van der Waals surface area contributed by atoms with Gasteiger partial charge in [-0.2, -0.15) is 0 Å². The van der Waals surface area contributed by atoms with Crippen molar-refractivity contribution in [2.24, 2.45) is 0 Å². The lowest BCUT2D eigenvalue weighted by Crippen LogP contribution is -2.43. The Labute approximate surface area is 172 Å². The van der Waals surface area contributed by atoms with Gasteiger partial charge in [0, 0.05) is 10.8 Å². The summed E-state index contributed by atoms with van der Waals surface area (Å²) < 4.78 is 18.6. The molecule has 1 fully saturated rings. The third-order valence-electron chi connectivity index (χ3n) is 6.33. The number of hydrogen-bond acceptors (Lipinski definition) is 3. The van der Waals surface area contributed by atoms with Gasteiger partial charge in [0.1, 0.15) is 19.0 Å². The van der Waals surface area contributed by atoms with Crippen LogP contribution in [0.1, 0.15) is 27.7 Å². The van der Waals surface area contributed by atoms with Crippen LogP contribution in [0.3, 0.4) is 0 Å². The van der Waals surface area contributed by atoms with Crippen LogP contribution in [-0.4, -0.2) is 26.2 Å². The van der Waals surface area contributed by atoms with Crippen molar-refractivity contribution in [3.8, 4) is 11.1 Å². The van der Waals surface area contributed by atoms with Crippen molar-refractivity contribution in [1.82, 2.24) is 0 Å². The fraction of sp³-hybridized carbons (Fsp3) is 0.250. The molecule has 0 bridgehead atoms. The van der Waals surface area contributed by atoms with E-state index < -0.39 is 18.3 Å². The van der Waals surface area contributed by atoms with E-state index in [0.29, 0.717) is 11.0 Å². The summed E-state index contributed by atoms with van der Waals surface area (Å²) in [6.07, 6.45) is 0. The highest BCUT2D eigenvalue weighted by molar-refractivity contribution is 6.69. The van der Waals surface area contributed by atoms with Crippen LogP contribution in [0.2, 0.25) is 0 Å². The molecule has 0 amide bonds. The first kappa shape index (κ1) is 18.5. The molecule has 1 aliphatic heterocycles. The Morgan fingerprint density at radius 2 is 1.48 bits per heavy atom. The van der Waals surface area contributed by atoms with Gasteiger partial charge < -0.3 is 13.7 Å². The Morgan fingerprint density at radius 3 is 2.17 bits per heavy atom. The van der Waals surface area contributed by atoms with Crippen LogP contribution in [0, 0.1) is 0 Å². The van der Waals surface area contributed by atoms with Crippen molar-refractivity contribution in [2.75, 3.05) is 0 Å². The Bertz CT molecular complexity index is 1210. The number of rotatable bonds is 2. The van der Waals surface area contributed by atoms with E-state index in [2.05, 4.69) is 24.3 Å². The molecule has 5 rings (SSSR count). The molecule has 1 aliphatic rings. The zero-order chi connectivity index (χ0) is 20.4. The SMILES string of the molecule is [B]c1c(B2OC(C)(C)C(C)(C)O2)ccc2c1oc1cccc(-c3ccccc3)c12. The first-order valence-electron chi connectivity index (χ1n) is 9.93. The van der Waals surface area contributed by atoms with Crippen LogP contribution in [0.4, 0.5) is 0 Å². The molecule has 142 valence electrons. The van der Waals surface area contributed by atoms with Crippen LogP contribution in [0.25, 0.3) is 33.1 Å². The second-order valence-electron chi connectivity index (χ2n) is 8.68. The molecule has 29 heavy (non-hydrogen) atoms. The third kappa shape index (κ3) is 2.76. The van der Waals surface area contributed by atoms with Crippen LogP contribution in [-0.2, 0) is 9.31 Å². The molecule has 1 saturated heterocycles. The lowest BCUT2D eigenvalue weighted by Gasteiger charge is -2.32. The second kappa shape index (κ2) is 6.25. The van der Waals surface area contributed by atoms with Gasteiger partial charge in [0.25, 0.3) is 0 Å². The first-order chi connectivity index (χ1) is 13.8. The summed E-state index contributed by atoms with van der Waals surface area (Å²) in [6.45, 7) is 8.15. The Morgan fingerprint density at radius 1 is 0.793 bits per heavy atom. The van der Waals surface area contributed by atoms with E-state index >= 15 is 0 Å². The third-order valence-corrected chi connectivity index (χ3v) is 6.33. The first-order valence-corrected chi connectivity index (χ1v) is 9.93. The summed E-state index contributed by atoms with van der Waals surface area (Å²) in [5.41, 5.74) is 4.29. The Hall–Kier alpha value is -2.49. The normalized spacial score (nSPS) is 18.0. The van der Waals surface area contributed by atoms with Crippen molar-refractivity contribution in [2.45, 2.75) is 38.9 Å². The van der Waals surface area contributed by atoms with Gasteiger partial charge in [-0.1, -0.05) is 60.1 Å². The zero-order valence-corrected chi connectivity index (χ0v) is 17.2. The fourth-order valence-electron chi connectivity index (χ4n) is 3.96. The molecule has 3 aromatic carbocycles. The zero-order valence-electron chi connectivity index (χ0n) is 17.2. The minimum atomic E-state index is -0.522. The molecule has 4 aromatic rings. The minimum absolute atomic E-state index is 0.423. The van der Waals surface area contributed by atoms with Crippen LogP contribution < -0.4 is 10.9 Å². The van der Waals surface area contributed by atoms with Crippen LogP contribution >= 0.6 is 0 Å². The molecule has 0 N–H and O–H groups in total. The predicted octanol–water partition coefficient (Wildman–Crippen LogP) is 4.35. The molecule has 0 unspecified atom stereocenters. The molecule has 2 radical (unpaired) electrons. The standard InChI is InChI=1S/C24H22B2O3/c1-23(2)24(3,4)29-26(28-23)18-14-13-17-20-16(15-9-6-5-7-10-15)11-8-12-19(20)27-22(17)21(18)25/h5-14H,1-4H3. The Balaban J connectivity index is 1.69. The molecular formula is C24H22B2O3. The lowest BCUT2D eigenvalue weighted by atomic mass is 9.70. The monoisotopic (exact) mass is 380 g/mol. The maximum Gasteiger partial charge on any atom is 0.494 e. The van der Waals surface area contributed by atoms with Gasteiger partial charge in [0.2, 0.25) is 0 Å². The maximum absolute atomic E-state index is 6.57. The summed E-state index contributed by atoms with van der Waals surface area (Å²) >= 11 is 0. The largest absolute Gasteiger partial charge is 0.494 e. The van der Waals surface area contributed by atoms with E-state index in [1.54, 1.807) is 0 Å². The van der Waals surface area contributed by atoms with E-state index in [9.17, 15) is 0 Å². The van der Waals surface area contributed by atoms with Crippen molar-refractivity contribution >= 4 is 47.8 Å². The van der Waals surface area contributed by atoms with Crippen LogP contribution in [0.15, 0.2) is 65.1 Å². The highest BCUT2D eigenvalue weighted by Crippen LogP contribution is 2.38. The van der Waals surface area contributed by atoms with Crippen molar-refractivity contribution in [1.29, 1.82) is 0 Å². The van der Waals surface area contributed by atoms with Gasteiger partial charge in [-0.3, -0.25) is 0 Å². The molecule has 0 saturated carbocycles. The molecule has 0 aliphatic carbocycles. The molecule has 5 heteroatoms. The Kier molecular flexibility index (Phi) is 4.00. The van der Waals surface area contributed by atoms with Crippen LogP contribution in [0.5, 0.6) is 0 Å². The highest BCUT2D eigenvalue weighted by atomic mass is 16.7. The molecule has 0 spiro atoms. The smallest absolute Gasteiger partial charge is 0.457 e. The van der Waals surface area contributed by atoms with Crippen molar-refractivity contribution in [3.05, 3.63) is 60.7 Å². The van der Waals surface area contributed by atoms with Gasteiger partial charge in [-0.25, -0.2) is 0 Å². The summed E-state index contributed by atoms with van der Waals surface area (Å²) in [7, 11) is 6.05. The molecule has 3 nitrogen and oxygen atoms in total. The predicted molar refractivity (Wildman–Crippen MR) is 120 cm³/mol. The average Bonchev–Trinajstić information content (AvgIpc) is 3.17. The van der Waals surface area contributed by atoms with E-state index in [1.165, 1.54) is 0 Å². The molecular weight excluding hydrogens is 358 g/mol. The van der Waals surface area contributed by atoms with Gasteiger partial charge in [-0.05, 0) is 50.4 Å². The minimum Gasteiger partial charge on any atom is -0.457 e. The summed E-state index contributed by atoms with van der Waals surface area (Å²) in [4.78, 5) is 0. The van der Waals surface area contributed by atoms with E-state index in [4.69, 9.17) is 21.6 Å². The molecule has 2 heterocycles. The average molecular weight is 380 g/mol. The van der Waals surface area contributed by atoms with Crippen molar-refractivity contribution < 1.29 is 13.7 Å². The van der Waals surface area contributed by atoms with Gasteiger partial charge in [-0.15, -0.1) is 0 Å². The quantitative estimate of drug-likeness (QED) is 0.485. The maximum atomic E-state index is 6.57. The summed E-state index contributed by atoms with van der Waals surface area (Å²) in [5, 5.41) is 2.07. The lowest BCUT2D eigenvalue weighted by molar-refractivity contribution is 0.00578. The van der Waals surface area contributed by atoms with Gasteiger partial charge in [0.05, 0.1) is 11.2 Å². The van der Waals surface area contributed by atoms with Gasteiger partial charge in [0.15, 0.2) is 0 Å². The number of benzene rings is 3. The van der Waals surface area contributed by atoms with Crippen molar-refractivity contribution in [3.63, 3.8) is 0 Å². The highest BCUT2D eigenvalue weighted by Gasteiger charge is 2.52. The number of furan rings is 1. The van der Waals surface area contributed by atoms with E-state index in [0.717, 1.165) is 32.9 Å². The van der Waals surface area contributed by atoms with Gasteiger partial charge >= 0.3 is 7.12 Å². The number of hydrogen-bond donors (Lipinski definition) is 0. The second-order valence-corrected chi connectivity index (χ2v) is 8.68. The fourth-order valence-corrected chi connectivity index (χ4v) is 3.96. The molecule has 1 aromatic heterocycles. The van der Waals surface area contributed by atoms with E-state index in [1.807, 2.05) is 64.1 Å². The summed E-state index contributed by atoms with van der Waals surface area (Å²) in [6, 6.07) is 20.5. The summed E-state index contributed by atoms with van der Waals surface area (Å²) in [5.74, 6) is 0. The van der Waals surface area contributed by atoms with E-state index in [-0.39, 0.29) is 0 Å². The topological polar surface area (TPSA) is 31.6 Å².